The molecule has 0 saturated heterocycles. The molecule has 0 bridgehead atoms. The summed E-state index contributed by atoms with van der Waals surface area (Å²) in [6.07, 6.45) is 2.46. The highest BCUT2D eigenvalue weighted by molar-refractivity contribution is 5.60. The Hall–Kier alpha value is -1.98. The smallest absolute Gasteiger partial charge is 0.434 e. The normalized spacial score (nSPS) is 12.7. The second-order valence-corrected chi connectivity index (χ2v) is 4.15. The van der Waals surface area contributed by atoms with Crippen LogP contribution in [0.25, 0.3) is 0 Å². The van der Waals surface area contributed by atoms with Gasteiger partial charge in [-0.05, 0) is 12.8 Å². The standard InChI is InChI=1S/C15H24O6/c1-5-12(6-2)20-14(16)18-10-9-11-19-15(17)21-13(7-3)8-4/h5,7,12-13H,1,3,6,8-11H2,2,4H3. The Morgan fingerprint density at radius 3 is 1.57 bits per heavy atom. The molecule has 2 atom stereocenters. The second kappa shape index (κ2) is 11.8. The van der Waals surface area contributed by atoms with Crippen molar-refractivity contribution in [1.82, 2.24) is 0 Å². The van der Waals surface area contributed by atoms with Gasteiger partial charge < -0.3 is 18.9 Å². The van der Waals surface area contributed by atoms with Gasteiger partial charge in [-0.25, -0.2) is 9.59 Å². The molecule has 0 aliphatic rings. The quantitative estimate of drug-likeness (QED) is 0.349. The number of carbonyl (C=O) groups is 2. The molecule has 0 saturated carbocycles. The maximum atomic E-state index is 11.3. The minimum atomic E-state index is -0.762. The summed E-state index contributed by atoms with van der Waals surface area (Å²) in [6, 6.07) is 0. The zero-order valence-electron chi connectivity index (χ0n) is 12.7. The number of carbonyl (C=O) groups excluding carboxylic acids is 2. The van der Waals surface area contributed by atoms with Crippen LogP contribution in [0.2, 0.25) is 0 Å². The fourth-order valence-electron chi connectivity index (χ4n) is 1.28. The van der Waals surface area contributed by atoms with E-state index >= 15 is 0 Å². The van der Waals surface area contributed by atoms with Gasteiger partial charge in [-0.1, -0.05) is 39.2 Å². The van der Waals surface area contributed by atoms with Gasteiger partial charge in [-0.15, -0.1) is 0 Å². The first-order valence-electron chi connectivity index (χ1n) is 6.99. The summed E-state index contributed by atoms with van der Waals surface area (Å²) < 4.78 is 19.5. The monoisotopic (exact) mass is 300 g/mol. The number of rotatable bonds is 10. The van der Waals surface area contributed by atoms with Gasteiger partial charge in [0, 0.05) is 6.42 Å². The van der Waals surface area contributed by atoms with E-state index in [4.69, 9.17) is 18.9 Å². The Bertz CT molecular complexity index is 307. The molecule has 2 unspecified atom stereocenters. The SMILES string of the molecule is C=CC(CC)OC(=O)OCCCOC(=O)OC(C=C)CC. The lowest BCUT2D eigenvalue weighted by atomic mass is 10.3. The van der Waals surface area contributed by atoms with Gasteiger partial charge in [0.15, 0.2) is 0 Å². The molecule has 0 aromatic rings. The van der Waals surface area contributed by atoms with Crippen LogP contribution in [0.4, 0.5) is 9.59 Å². The summed E-state index contributed by atoms with van der Waals surface area (Å²) in [5.41, 5.74) is 0. The van der Waals surface area contributed by atoms with Gasteiger partial charge in [0.05, 0.1) is 13.2 Å². The average molecular weight is 300 g/mol. The van der Waals surface area contributed by atoms with Crippen molar-refractivity contribution in [2.45, 2.75) is 45.3 Å². The van der Waals surface area contributed by atoms with Crippen LogP contribution in [-0.2, 0) is 18.9 Å². The lowest BCUT2D eigenvalue weighted by molar-refractivity contribution is 0.0205. The van der Waals surface area contributed by atoms with E-state index in [1.54, 1.807) is 0 Å². The third kappa shape index (κ3) is 9.54. The number of hydrogen-bond donors (Lipinski definition) is 0. The molecule has 0 amide bonds. The van der Waals surface area contributed by atoms with Gasteiger partial charge >= 0.3 is 12.3 Å². The van der Waals surface area contributed by atoms with E-state index in [0.717, 1.165) is 0 Å². The summed E-state index contributed by atoms with van der Waals surface area (Å²) in [7, 11) is 0. The molecule has 0 radical (unpaired) electrons. The molecule has 0 aromatic carbocycles. The Labute approximate surface area is 125 Å². The van der Waals surface area contributed by atoms with E-state index in [0.29, 0.717) is 19.3 Å². The third-order valence-electron chi connectivity index (χ3n) is 2.55. The Kier molecular flexibility index (Phi) is 10.7. The summed E-state index contributed by atoms with van der Waals surface area (Å²) in [4.78, 5) is 22.5. The maximum Gasteiger partial charge on any atom is 0.508 e. The fourth-order valence-corrected chi connectivity index (χ4v) is 1.28. The fraction of sp³-hybridized carbons (Fsp3) is 0.600. The van der Waals surface area contributed by atoms with Crippen molar-refractivity contribution in [1.29, 1.82) is 0 Å². The molecule has 21 heavy (non-hydrogen) atoms. The molecule has 120 valence electrons. The van der Waals surface area contributed by atoms with Gasteiger partial charge in [0.1, 0.15) is 12.2 Å². The first kappa shape index (κ1) is 19.0. The average Bonchev–Trinajstić information content (AvgIpc) is 2.49. The number of hydrogen-bond acceptors (Lipinski definition) is 6. The van der Waals surface area contributed by atoms with Crippen molar-refractivity contribution in [3.05, 3.63) is 25.3 Å². The Balaban J connectivity index is 3.67. The molecule has 0 aliphatic heterocycles. The first-order chi connectivity index (χ1) is 10.1. The molecule has 6 heteroatoms. The van der Waals surface area contributed by atoms with Crippen LogP contribution >= 0.6 is 0 Å². The predicted octanol–water partition coefficient (Wildman–Crippen LogP) is 3.61. The highest BCUT2D eigenvalue weighted by Gasteiger charge is 2.11. The van der Waals surface area contributed by atoms with E-state index in [1.807, 2.05) is 13.8 Å². The van der Waals surface area contributed by atoms with Gasteiger partial charge in [-0.2, -0.15) is 0 Å². The van der Waals surface area contributed by atoms with Crippen molar-refractivity contribution < 1.29 is 28.5 Å². The van der Waals surface area contributed by atoms with Crippen molar-refractivity contribution in [2.24, 2.45) is 0 Å². The molecule has 0 fully saturated rings. The van der Waals surface area contributed by atoms with E-state index in [1.165, 1.54) is 12.2 Å². The van der Waals surface area contributed by atoms with Crippen LogP contribution in [0.3, 0.4) is 0 Å². The summed E-state index contributed by atoms with van der Waals surface area (Å²) >= 11 is 0. The van der Waals surface area contributed by atoms with Crippen LogP contribution in [0.15, 0.2) is 25.3 Å². The van der Waals surface area contributed by atoms with Crippen molar-refractivity contribution in [3.63, 3.8) is 0 Å². The topological polar surface area (TPSA) is 71.1 Å². The highest BCUT2D eigenvalue weighted by Crippen LogP contribution is 2.03. The van der Waals surface area contributed by atoms with E-state index < -0.39 is 12.3 Å². The second-order valence-electron chi connectivity index (χ2n) is 4.15. The molecule has 0 rings (SSSR count). The lowest BCUT2D eigenvalue weighted by Crippen LogP contribution is -2.19. The number of ether oxygens (including phenoxy) is 4. The van der Waals surface area contributed by atoms with Crippen molar-refractivity contribution in [2.75, 3.05) is 13.2 Å². The third-order valence-corrected chi connectivity index (χ3v) is 2.55. The summed E-state index contributed by atoms with van der Waals surface area (Å²) in [5.74, 6) is 0. The molecule has 0 aromatic heterocycles. The molecular weight excluding hydrogens is 276 g/mol. The van der Waals surface area contributed by atoms with Gasteiger partial charge in [0.25, 0.3) is 0 Å². The van der Waals surface area contributed by atoms with Crippen molar-refractivity contribution in [3.8, 4) is 0 Å². The van der Waals surface area contributed by atoms with Crippen LogP contribution in [0, 0.1) is 0 Å². The molecular formula is C15H24O6. The lowest BCUT2D eigenvalue weighted by Gasteiger charge is -2.12. The summed E-state index contributed by atoms with van der Waals surface area (Å²) in [6.45, 7) is 11.0. The van der Waals surface area contributed by atoms with Crippen LogP contribution < -0.4 is 0 Å². The molecule has 6 nitrogen and oxygen atoms in total. The minimum absolute atomic E-state index is 0.0956. The van der Waals surface area contributed by atoms with Crippen LogP contribution in [0.5, 0.6) is 0 Å². The largest absolute Gasteiger partial charge is 0.508 e. The maximum absolute atomic E-state index is 11.3. The Morgan fingerprint density at radius 2 is 1.29 bits per heavy atom. The highest BCUT2D eigenvalue weighted by atomic mass is 16.7. The molecule has 0 heterocycles. The van der Waals surface area contributed by atoms with E-state index in [9.17, 15) is 9.59 Å². The molecule has 0 N–H and O–H groups in total. The minimum Gasteiger partial charge on any atom is -0.434 e. The predicted molar refractivity (Wildman–Crippen MR) is 78.0 cm³/mol. The first-order valence-corrected chi connectivity index (χ1v) is 6.99. The molecule has 0 aliphatic carbocycles. The Morgan fingerprint density at radius 1 is 0.905 bits per heavy atom. The zero-order valence-corrected chi connectivity index (χ0v) is 12.7. The van der Waals surface area contributed by atoms with Gasteiger partial charge in [0.2, 0.25) is 0 Å². The van der Waals surface area contributed by atoms with Crippen LogP contribution in [0.1, 0.15) is 33.1 Å². The van der Waals surface area contributed by atoms with Crippen molar-refractivity contribution >= 4 is 12.3 Å². The van der Waals surface area contributed by atoms with Crippen LogP contribution in [-0.4, -0.2) is 37.7 Å². The van der Waals surface area contributed by atoms with E-state index in [2.05, 4.69) is 13.2 Å². The molecule has 0 spiro atoms. The van der Waals surface area contributed by atoms with E-state index in [-0.39, 0.29) is 25.4 Å². The zero-order chi connectivity index (χ0) is 16.1. The van der Waals surface area contributed by atoms with Gasteiger partial charge in [-0.3, -0.25) is 0 Å². The summed E-state index contributed by atoms with van der Waals surface area (Å²) in [5, 5.41) is 0.